The summed E-state index contributed by atoms with van der Waals surface area (Å²) in [6.07, 6.45) is -3.03. The molecule has 1 aliphatic rings. The predicted octanol–water partition coefficient (Wildman–Crippen LogP) is 4.04. The van der Waals surface area contributed by atoms with Crippen LogP contribution in [0.5, 0.6) is 0 Å². The van der Waals surface area contributed by atoms with Crippen LogP contribution in [0.3, 0.4) is 0 Å². The van der Waals surface area contributed by atoms with Crippen LogP contribution >= 0.6 is 0 Å². The summed E-state index contributed by atoms with van der Waals surface area (Å²) < 4.78 is 44.9. The standard InChI is InChI=1S/C24H25F3N4O2/c1-17-15-30(11-12-33-17)16-19-4-2-3-18(13-19)14-28-23(32)20-5-7-21(8-6-20)31-10-9-22(29-31)24(25,26)27/h2-10,13,17H,11-12,14-16H2,1H3,(H,28,32). The molecule has 1 aliphatic heterocycles. The van der Waals surface area contributed by atoms with Crippen molar-refractivity contribution in [1.82, 2.24) is 20.0 Å². The van der Waals surface area contributed by atoms with Crippen LogP contribution in [0.15, 0.2) is 60.8 Å². The minimum atomic E-state index is -4.50. The zero-order valence-electron chi connectivity index (χ0n) is 18.2. The molecule has 0 spiro atoms. The molecule has 2 heterocycles. The maximum atomic E-state index is 12.7. The van der Waals surface area contributed by atoms with E-state index in [0.29, 0.717) is 17.8 Å². The summed E-state index contributed by atoms with van der Waals surface area (Å²) in [4.78, 5) is 14.9. The van der Waals surface area contributed by atoms with E-state index in [2.05, 4.69) is 34.4 Å². The Morgan fingerprint density at radius 3 is 2.61 bits per heavy atom. The number of morpholine rings is 1. The average molecular weight is 458 g/mol. The molecular weight excluding hydrogens is 433 g/mol. The van der Waals surface area contributed by atoms with Crippen LogP contribution in [0.25, 0.3) is 5.69 Å². The predicted molar refractivity (Wildman–Crippen MR) is 117 cm³/mol. The number of hydrogen-bond acceptors (Lipinski definition) is 4. The summed E-state index contributed by atoms with van der Waals surface area (Å²) in [7, 11) is 0. The van der Waals surface area contributed by atoms with E-state index in [4.69, 9.17) is 4.74 Å². The summed E-state index contributed by atoms with van der Waals surface area (Å²) in [5.41, 5.74) is 2.06. The Balaban J connectivity index is 1.34. The van der Waals surface area contributed by atoms with Crippen LogP contribution in [-0.4, -0.2) is 46.4 Å². The van der Waals surface area contributed by atoms with Gasteiger partial charge < -0.3 is 10.1 Å². The number of ether oxygens (including phenoxy) is 1. The van der Waals surface area contributed by atoms with Gasteiger partial charge in [-0.3, -0.25) is 9.69 Å². The van der Waals surface area contributed by atoms with E-state index in [0.717, 1.165) is 42.6 Å². The molecule has 1 atom stereocenters. The van der Waals surface area contributed by atoms with Gasteiger partial charge in [-0.05, 0) is 48.4 Å². The first-order chi connectivity index (χ1) is 15.8. The molecule has 0 saturated carbocycles. The third-order valence-electron chi connectivity index (χ3n) is 5.45. The molecule has 6 nitrogen and oxygen atoms in total. The van der Waals surface area contributed by atoms with Crippen molar-refractivity contribution in [3.05, 3.63) is 83.2 Å². The van der Waals surface area contributed by atoms with Gasteiger partial charge in [-0.25, -0.2) is 4.68 Å². The fourth-order valence-corrected chi connectivity index (χ4v) is 3.80. The molecule has 0 radical (unpaired) electrons. The topological polar surface area (TPSA) is 59.4 Å². The van der Waals surface area contributed by atoms with Crippen molar-refractivity contribution in [2.45, 2.75) is 32.3 Å². The molecule has 174 valence electrons. The van der Waals surface area contributed by atoms with Crippen molar-refractivity contribution in [3.8, 4) is 5.69 Å². The van der Waals surface area contributed by atoms with Crippen LogP contribution in [0, 0.1) is 0 Å². The van der Waals surface area contributed by atoms with Gasteiger partial charge in [0.1, 0.15) is 0 Å². The second-order valence-corrected chi connectivity index (χ2v) is 8.11. The normalized spacial score (nSPS) is 17.2. The second-order valence-electron chi connectivity index (χ2n) is 8.11. The highest BCUT2D eigenvalue weighted by atomic mass is 19.4. The lowest BCUT2D eigenvalue weighted by Crippen LogP contribution is -2.40. The largest absolute Gasteiger partial charge is 0.435 e. The number of nitrogens with one attached hydrogen (secondary N) is 1. The minimum Gasteiger partial charge on any atom is -0.376 e. The van der Waals surface area contributed by atoms with E-state index in [1.165, 1.54) is 11.8 Å². The van der Waals surface area contributed by atoms with Gasteiger partial charge in [0, 0.05) is 37.9 Å². The number of hydrogen-bond donors (Lipinski definition) is 1. The van der Waals surface area contributed by atoms with Crippen LogP contribution in [-0.2, 0) is 24.0 Å². The zero-order chi connectivity index (χ0) is 23.4. The summed E-state index contributed by atoms with van der Waals surface area (Å²) in [6, 6.07) is 15.3. The number of halogens is 3. The lowest BCUT2D eigenvalue weighted by Gasteiger charge is -2.31. The quantitative estimate of drug-likeness (QED) is 0.606. The van der Waals surface area contributed by atoms with Crippen molar-refractivity contribution in [2.75, 3.05) is 19.7 Å². The average Bonchev–Trinajstić information content (AvgIpc) is 3.29. The molecule has 0 bridgehead atoms. The smallest absolute Gasteiger partial charge is 0.376 e. The van der Waals surface area contributed by atoms with Gasteiger partial charge >= 0.3 is 6.18 Å². The zero-order valence-corrected chi connectivity index (χ0v) is 18.2. The van der Waals surface area contributed by atoms with Crippen molar-refractivity contribution >= 4 is 5.91 Å². The Bertz CT molecular complexity index is 1100. The van der Waals surface area contributed by atoms with Crippen molar-refractivity contribution in [2.24, 2.45) is 0 Å². The van der Waals surface area contributed by atoms with Crippen LogP contribution in [0.2, 0.25) is 0 Å². The number of carbonyl (C=O) groups is 1. The SMILES string of the molecule is CC1CN(Cc2cccc(CNC(=O)c3ccc(-n4ccc(C(F)(F)F)n4)cc3)c2)CCO1. The van der Waals surface area contributed by atoms with E-state index in [1.807, 2.05) is 12.1 Å². The number of carbonyl (C=O) groups excluding carboxylic acids is 1. The molecule has 1 amide bonds. The highest BCUT2D eigenvalue weighted by Crippen LogP contribution is 2.27. The molecule has 33 heavy (non-hydrogen) atoms. The Kier molecular flexibility index (Phi) is 6.80. The molecule has 1 saturated heterocycles. The first-order valence-electron chi connectivity index (χ1n) is 10.7. The van der Waals surface area contributed by atoms with Gasteiger partial charge in [0.05, 0.1) is 18.4 Å². The molecule has 4 rings (SSSR count). The molecular formula is C24H25F3N4O2. The van der Waals surface area contributed by atoms with Gasteiger partial charge in [-0.1, -0.05) is 24.3 Å². The molecule has 1 aromatic heterocycles. The summed E-state index contributed by atoms with van der Waals surface area (Å²) in [5, 5.41) is 6.43. The van der Waals surface area contributed by atoms with Gasteiger partial charge in [0.25, 0.3) is 5.91 Å². The van der Waals surface area contributed by atoms with E-state index in [1.54, 1.807) is 24.3 Å². The van der Waals surface area contributed by atoms with Crippen molar-refractivity contribution in [3.63, 3.8) is 0 Å². The number of alkyl halides is 3. The molecule has 1 N–H and O–H groups in total. The molecule has 9 heteroatoms. The van der Waals surface area contributed by atoms with Gasteiger partial charge in [0.15, 0.2) is 5.69 Å². The van der Waals surface area contributed by atoms with E-state index >= 15 is 0 Å². The molecule has 3 aromatic rings. The highest BCUT2D eigenvalue weighted by molar-refractivity contribution is 5.94. The minimum absolute atomic E-state index is 0.229. The monoisotopic (exact) mass is 458 g/mol. The summed E-state index contributed by atoms with van der Waals surface area (Å²) in [5.74, 6) is -0.259. The Hall–Kier alpha value is -3.17. The number of nitrogens with zero attached hydrogens (tertiary/aromatic N) is 3. The van der Waals surface area contributed by atoms with Gasteiger partial charge in [-0.15, -0.1) is 0 Å². The third-order valence-corrected chi connectivity index (χ3v) is 5.45. The van der Waals surface area contributed by atoms with E-state index < -0.39 is 11.9 Å². The van der Waals surface area contributed by atoms with Crippen LogP contribution < -0.4 is 5.32 Å². The lowest BCUT2D eigenvalue weighted by atomic mass is 10.1. The first kappa shape index (κ1) is 23.0. The van der Waals surface area contributed by atoms with Gasteiger partial charge in [-0.2, -0.15) is 18.3 Å². The van der Waals surface area contributed by atoms with Crippen LogP contribution in [0.1, 0.15) is 34.1 Å². The van der Waals surface area contributed by atoms with Crippen LogP contribution in [0.4, 0.5) is 13.2 Å². The Morgan fingerprint density at radius 2 is 1.91 bits per heavy atom. The fraction of sp³-hybridized carbons (Fsp3) is 0.333. The lowest BCUT2D eigenvalue weighted by molar-refractivity contribution is -0.141. The molecule has 0 aliphatic carbocycles. The van der Waals surface area contributed by atoms with Gasteiger partial charge in [0.2, 0.25) is 0 Å². The third kappa shape index (κ3) is 6.00. The molecule has 1 fully saturated rings. The Morgan fingerprint density at radius 1 is 1.15 bits per heavy atom. The Labute approximate surface area is 190 Å². The maximum Gasteiger partial charge on any atom is 0.435 e. The summed E-state index contributed by atoms with van der Waals surface area (Å²) in [6.45, 7) is 5.81. The van der Waals surface area contributed by atoms with Crippen molar-refractivity contribution in [1.29, 1.82) is 0 Å². The number of aromatic nitrogens is 2. The second kappa shape index (κ2) is 9.76. The molecule has 2 aromatic carbocycles. The molecule has 1 unspecified atom stereocenters. The fourth-order valence-electron chi connectivity index (χ4n) is 3.80. The highest BCUT2D eigenvalue weighted by Gasteiger charge is 2.33. The number of benzene rings is 2. The maximum absolute atomic E-state index is 12.7. The van der Waals surface area contributed by atoms with E-state index in [-0.39, 0.29) is 12.0 Å². The first-order valence-corrected chi connectivity index (χ1v) is 10.7. The number of amides is 1. The van der Waals surface area contributed by atoms with E-state index in [9.17, 15) is 18.0 Å². The van der Waals surface area contributed by atoms with Crippen molar-refractivity contribution < 1.29 is 22.7 Å². The summed E-state index contributed by atoms with van der Waals surface area (Å²) >= 11 is 0. The number of rotatable bonds is 6.